The Balaban J connectivity index is 1.90. The third-order valence-electron chi connectivity index (χ3n) is 3.41. The molecule has 0 spiro atoms. The zero-order chi connectivity index (χ0) is 15.5. The number of nitrogens with zero attached hydrogens (tertiary/aromatic N) is 1. The molecule has 5 nitrogen and oxygen atoms in total. The minimum absolute atomic E-state index is 0.0352. The van der Waals surface area contributed by atoms with Crippen molar-refractivity contribution in [3.63, 3.8) is 0 Å². The first-order valence-electron chi connectivity index (χ1n) is 6.82. The van der Waals surface area contributed by atoms with Crippen LogP contribution in [0.1, 0.15) is 16.1 Å². The first kappa shape index (κ1) is 14.0. The Bertz CT molecular complexity index is 882. The van der Waals surface area contributed by atoms with Crippen molar-refractivity contribution in [1.29, 1.82) is 0 Å². The molecule has 0 saturated heterocycles. The van der Waals surface area contributed by atoms with Crippen LogP contribution in [0.3, 0.4) is 0 Å². The van der Waals surface area contributed by atoms with E-state index >= 15 is 0 Å². The number of hydrogen-bond acceptors (Lipinski definition) is 4. The van der Waals surface area contributed by atoms with Gasteiger partial charge in [0.15, 0.2) is 5.78 Å². The van der Waals surface area contributed by atoms with Gasteiger partial charge in [-0.3, -0.25) is 9.59 Å². The number of fused-ring (bicyclic) bond motifs is 1. The van der Waals surface area contributed by atoms with Crippen LogP contribution in [0.4, 0.5) is 0 Å². The molecule has 0 saturated carbocycles. The first-order valence-corrected chi connectivity index (χ1v) is 6.82. The first-order chi connectivity index (χ1) is 10.7. The molecule has 3 aromatic rings. The highest BCUT2D eigenvalue weighted by Crippen LogP contribution is 2.13. The predicted octanol–water partition coefficient (Wildman–Crippen LogP) is 2.36. The summed E-state index contributed by atoms with van der Waals surface area (Å²) in [6.07, 6.45) is -0.0352. The molecule has 0 bridgehead atoms. The van der Waals surface area contributed by atoms with Crippen LogP contribution < -0.4 is 10.3 Å². The van der Waals surface area contributed by atoms with Crippen LogP contribution >= 0.6 is 0 Å². The van der Waals surface area contributed by atoms with Gasteiger partial charge in [0.1, 0.15) is 11.4 Å². The maximum absolute atomic E-state index is 12.3. The number of hydrogen-bond donors (Lipinski definition) is 1. The van der Waals surface area contributed by atoms with Gasteiger partial charge in [0.25, 0.3) is 5.56 Å². The Morgan fingerprint density at radius 3 is 2.59 bits per heavy atom. The molecular weight excluding hydrogens is 280 g/mol. The molecule has 110 valence electrons. The van der Waals surface area contributed by atoms with E-state index < -0.39 is 0 Å². The number of rotatable bonds is 4. The lowest BCUT2D eigenvalue weighted by Gasteiger charge is -2.04. The molecular formula is C17H14N2O3. The molecule has 1 heterocycles. The van der Waals surface area contributed by atoms with Gasteiger partial charge >= 0.3 is 0 Å². The van der Waals surface area contributed by atoms with Crippen molar-refractivity contribution < 1.29 is 9.53 Å². The molecule has 0 fully saturated rings. The average Bonchev–Trinajstić information content (AvgIpc) is 2.55. The second-order valence-electron chi connectivity index (χ2n) is 4.86. The van der Waals surface area contributed by atoms with E-state index in [0.717, 1.165) is 0 Å². The van der Waals surface area contributed by atoms with Gasteiger partial charge in [-0.05, 0) is 36.4 Å². The maximum atomic E-state index is 12.3. The Labute approximate surface area is 126 Å². The van der Waals surface area contributed by atoms with E-state index in [4.69, 9.17) is 4.74 Å². The van der Waals surface area contributed by atoms with Crippen molar-refractivity contribution in [3.05, 3.63) is 70.1 Å². The largest absolute Gasteiger partial charge is 0.497 e. The van der Waals surface area contributed by atoms with Crippen molar-refractivity contribution in [1.82, 2.24) is 9.97 Å². The zero-order valence-electron chi connectivity index (χ0n) is 12.0. The normalized spacial score (nSPS) is 10.6. The van der Waals surface area contributed by atoms with Crippen LogP contribution in [0, 0.1) is 0 Å². The Morgan fingerprint density at radius 1 is 1.14 bits per heavy atom. The van der Waals surface area contributed by atoms with Gasteiger partial charge in [-0.1, -0.05) is 12.1 Å². The van der Waals surface area contributed by atoms with Crippen molar-refractivity contribution in [2.45, 2.75) is 6.42 Å². The molecule has 0 aliphatic heterocycles. The fourth-order valence-corrected chi connectivity index (χ4v) is 2.22. The molecule has 0 aliphatic carbocycles. The van der Waals surface area contributed by atoms with Crippen LogP contribution in [-0.4, -0.2) is 22.9 Å². The fourth-order valence-electron chi connectivity index (χ4n) is 2.22. The van der Waals surface area contributed by atoms with Crippen LogP contribution in [-0.2, 0) is 6.42 Å². The number of benzene rings is 2. The number of methoxy groups -OCH3 is 1. The topological polar surface area (TPSA) is 72.0 Å². The summed E-state index contributed by atoms with van der Waals surface area (Å²) in [5, 5.41) is 0. The smallest absolute Gasteiger partial charge is 0.270 e. The molecule has 5 heteroatoms. The minimum Gasteiger partial charge on any atom is -0.497 e. The molecule has 0 amide bonds. The van der Waals surface area contributed by atoms with E-state index in [1.54, 1.807) is 43.5 Å². The number of carbonyl (C=O) groups is 1. The lowest BCUT2D eigenvalue weighted by Crippen LogP contribution is -2.18. The second-order valence-corrected chi connectivity index (χ2v) is 4.86. The molecule has 1 N–H and O–H groups in total. The fraction of sp³-hybridized carbons (Fsp3) is 0.118. The SMILES string of the molecule is COc1ccc(C(=O)Cc2nc3ccccc3[nH]c2=O)cc1. The van der Waals surface area contributed by atoms with Crippen molar-refractivity contribution in [2.75, 3.05) is 7.11 Å². The van der Waals surface area contributed by atoms with E-state index in [9.17, 15) is 9.59 Å². The van der Waals surface area contributed by atoms with Crippen LogP contribution in [0.2, 0.25) is 0 Å². The summed E-state index contributed by atoms with van der Waals surface area (Å²) in [4.78, 5) is 31.3. The van der Waals surface area contributed by atoms with Gasteiger partial charge < -0.3 is 9.72 Å². The van der Waals surface area contributed by atoms with Crippen LogP contribution in [0.5, 0.6) is 5.75 Å². The lowest BCUT2D eigenvalue weighted by atomic mass is 10.1. The number of nitrogens with one attached hydrogen (secondary N) is 1. The maximum Gasteiger partial charge on any atom is 0.270 e. The number of carbonyl (C=O) groups excluding carboxylic acids is 1. The number of Topliss-reactive ketones (excluding diaryl/α,β-unsaturated/α-hetero) is 1. The van der Waals surface area contributed by atoms with E-state index in [1.807, 2.05) is 12.1 Å². The van der Waals surface area contributed by atoms with Gasteiger partial charge in [0.05, 0.1) is 24.6 Å². The summed E-state index contributed by atoms with van der Waals surface area (Å²) in [7, 11) is 1.56. The Hall–Kier alpha value is -2.95. The standard InChI is InChI=1S/C17H14N2O3/c1-22-12-8-6-11(7-9-12)16(20)10-15-17(21)19-14-5-3-2-4-13(14)18-15/h2-9H,10H2,1H3,(H,19,21). The highest BCUT2D eigenvalue weighted by atomic mass is 16.5. The molecule has 2 aromatic carbocycles. The predicted molar refractivity (Wildman–Crippen MR) is 83.4 cm³/mol. The van der Waals surface area contributed by atoms with E-state index in [2.05, 4.69) is 9.97 Å². The van der Waals surface area contributed by atoms with Gasteiger partial charge in [-0.15, -0.1) is 0 Å². The number of H-pyrrole nitrogens is 1. The minimum atomic E-state index is -0.333. The van der Waals surface area contributed by atoms with Crippen molar-refractivity contribution in [3.8, 4) is 5.75 Å². The Morgan fingerprint density at radius 2 is 1.86 bits per heavy atom. The van der Waals surface area contributed by atoms with Gasteiger partial charge in [0, 0.05) is 5.56 Å². The van der Waals surface area contributed by atoms with Crippen LogP contribution in [0.15, 0.2) is 53.3 Å². The lowest BCUT2D eigenvalue weighted by molar-refractivity contribution is 0.0991. The number of aromatic amines is 1. The molecule has 0 radical (unpaired) electrons. The Kier molecular flexibility index (Phi) is 3.70. The number of aromatic nitrogens is 2. The molecule has 1 aromatic heterocycles. The van der Waals surface area contributed by atoms with Gasteiger partial charge in [-0.2, -0.15) is 0 Å². The summed E-state index contributed by atoms with van der Waals surface area (Å²) in [6, 6.07) is 14.0. The molecule has 0 unspecified atom stereocenters. The molecule has 22 heavy (non-hydrogen) atoms. The molecule has 0 aliphatic rings. The molecule has 0 atom stereocenters. The monoisotopic (exact) mass is 294 g/mol. The number of para-hydroxylation sites is 2. The highest BCUT2D eigenvalue weighted by Gasteiger charge is 2.12. The quantitative estimate of drug-likeness (QED) is 0.750. The van der Waals surface area contributed by atoms with E-state index in [1.165, 1.54) is 0 Å². The van der Waals surface area contributed by atoms with E-state index in [0.29, 0.717) is 22.3 Å². The summed E-state index contributed by atoms with van der Waals surface area (Å²) >= 11 is 0. The second kappa shape index (κ2) is 5.81. The van der Waals surface area contributed by atoms with Crippen molar-refractivity contribution in [2.24, 2.45) is 0 Å². The van der Waals surface area contributed by atoms with E-state index in [-0.39, 0.29) is 23.5 Å². The van der Waals surface area contributed by atoms with Crippen LogP contribution in [0.25, 0.3) is 11.0 Å². The third-order valence-corrected chi connectivity index (χ3v) is 3.41. The molecule has 3 rings (SSSR count). The summed E-state index contributed by atoms with van der Waals surface area (Å²) in [5.41, 5.74) is 1.74. The number of ether oxygens (including phenoxy) is 1. The summed E-state index contributed by atoms with van der Waals surface area (Å²) < 4.78 is 5.06. The zero-order valence-corrected chi connectivity index (χ0v) is 12.0. The summed E-state index contributed by atoms with van der Waals surface area (Å²) in [5.74, 6) is 0.522. The third kappa shape index (κ3) is 2.74. The summed E-state index contributed by atoms with van der Waals surface area (Å²) in [6.45, 7) is 0. The highest BCUT2D eigenvalue weighted by molar-refractivity contribution is 5.97. The average molecular weight is 294 g/mol. The van der Waals surface area contributed by atoms with Gasteiger partial charge in [0.2, 0.25) is 0 Å². The van der Waals surface area contributed by atoms with Crippen molar-refractivity contribution >= 4 is 16.8 Å². The number of ketones is 1. The van der Waals surface area contributed by atoms with Gasteiger partial charge in [-0.25, -0.2) is 4.98 Å².